The summed E-state index contributed by atoms with van der Waals surface area (Å²) in [6.07, 6.45) is -0.556. The second-order valence-electron chi connectivity index (χ2n) is 4.20. The lowest BCUT2D eigenvalue weighted by Gasteiger charge is -2.22. The maximum absolute atomic E-state index is 11.4. The molecular weight excluding hydrogens is 192 g/mol. The summed E-state index contributed by atoms with van der Waals surface area (Å²) >= 11 is 5.47. The third-order valence-electron chi connectivity index (χ3n) is 1.97. The Morgan fingerprint density at radius 1 is 1.38 bits per heavy atom. The van der Waals surface area contributed by atoms with Crippen LogP contribution in [0.2, 0.25) is 0 Å². The van der Waals surface area contributed by atoms with E-state index in [1.165, 1.54) is 0 Å². The van der Waals surface area contributed by atoms with Crippen molar-refractivity contribution < 1.29 is 14.3 Å². The lowest BCUT2D eigenvalue weighted by Crippen LogP contribution is -2.40. The first-order valence-corrected chi connectivity index (χ1v) is 4.78. The first-order chi connectivity index (χ1) is 5.78. The van der Waals surface area contributed by atoms with Crippen LogP contribution in [0.5, 0.6) is 0 Å². The molecule has 0 spiro atoms. The molecule has 0 bridgehead atoms. The van der Waals surface area contributed by atoms with Gasteiger partial charge in [-0.25, -0.2) is 0 Å². The molecule has 0 aromatic carbocycles. The molecule has 1 atom stereocenters. The van der Waals surface area contributed by atoms with Crippen LogP contribution in [0.3, 0.4) is 0 Å². The Morgan fingerprint density at radius 3 is 2.23 bits per heavy atom. The molecular formula is C9H15ClO3. The first kappa shape index (κ1) is 11.0. The third-order valence-corrected chi connectivity index (χ3v) is 2.23. The van der Waals surface area contributed by atoms with Gasteiger partial charge in [-0.2, -0.15) is 0 Å². The van der Waals surface area contributed by atoms with E-state index < -0.39 is 17.5 Å². The molecule has 1 saturated heterocycles. The van der Waals surface area contributed by atoms with Gasteiger partial charge < -0.3 is 9.47 Å². The number of rotatable bonds is 2. The SMILES string of the molecule is CC1(C)OC(C(=O)CCl)C(C)(C)O1. The number of alkyl halides is 1. The zero-order chi connectivity index (χ0) is 10.3. The molecule has 4 heteroatoms. The summed E-state index contributed by atoms with van der Waals surface area (Å²) in [6.45, 7) is 7.24. The highest BCUT2D eigenvalue weighted by atomic mass is 35.5. The molecule has 0 amide bonds. The van der Waals surface area contributed by atoms with Crippen LogP contribution in [-0.2, 0) is 14.3 Å². The second kappa shape index (κ2) is 3.23. The molecule has 1 heterocycles. The predicted molar refractivity (Wildman–Crippen MR) is 49.8 cm³/mol. The highest BCUT2D eigenvalue weighted by Gasteiger charge is 2.50. The lowest BCUT2D eigenvalue weighted by atomic mass is 9.99. The summed E-state index contributed by atoms with van der Waals surface area (Å²) in [6, 6.07) is 0. The fourth-order valence-corrected chi connectivity index (χ4v) is 1.80. The number of ether oxygens (including phenoxy) is 2. The number of halogens is 1. The van der Waals surface area contributed by atoms with Crippen LogP contribution < -0.4 is 0 Å². The van der Waals surface area contributed by atoms with E-state index in [-0.39, 0.29) is 11.7 Å². The van der Waals surface area contributed by atoms with Crippen LogP contribution in [0.4, 0.5) is 0 Å². The lowest BCUT2D eigenvalue weighted by molar-refractivity contribution is -0.160. The average Bonchev–Trinajstić information content (AvgIpc) is 2.17. The van der Waals surface area contributed by atoms with Gasteiger partial charge in [0, 0.05) is 0 Å². The van der Waals surface area contributed by atoms with Gasteiger partial charge in [0.2, 0.25) is 0 Å². The molecule has 0 aliphatic carbocycles. The number of hydrogen-bond donors (Lipinski definition) is 0. The minimum atomic E-state index is -0.699. The van der Waals surface area contributed by atoms with Crippen LogP contribution in [0.1, 0.15) is 27.7 Å². The summed E-state index contributed by atoms with van der Waals surface area (Å²) in [7, 11) is 0. The third kappa shape index (κ3) is 2.22. The van der Waals surface area contributed by atoms with E-state index in [4.69, 9.17) is 21.1 Å². The van der Waals surface area contributed by atoms with Crippen LogP contribution >= 0.6 is 11.6 Å². The van der Waals surface area contributed by atoms with Gasteiger partial charge in [-0.05, 0) is 27.7 Å². The molecule has 1 rings (SSSR count). The Kier molecular flexibility index (Phi) is 2.72. The van der Waals surface area contributed by atoms with Gasteiger partial charge in [-0.3, -0.25) is 4.79 Å². The molecule has 0 saturated carbocycles. The standard InChI is InChI=1S/C9H15ClO3/c1-8(2)7(6(11)5-10)12-9(3,4)13-8/h7H,5H2,1-4H3. The predicted octanol–water partition coefficient (Wildman–Crippen LogP) is 1.72. The molecule has 0 radical (unpaired) electrons. The summed E-state index contributed by atoms with van der Waals surface area (Å²) in [5.74, 6) is -0.860. The molecule has 3 nitrogen and oxygen atoms in total. The smallest absolute Gasteiger partial charge is 0.179 e. The minimum Gasteiger partial charge on any atom is -0.341 e. The maximum atomic E-state index is 11.4. The largest absolute Gasteiger partial charge is 0.341 e. The van der Waals surface area contributed by atoms with Crippen LogP contribution in [0.15, 0.2) is 0 Å². The quantitative estimate of drug-likeness (QED) is 0.646. The molecule has 0 N–H and O–H groups in total. The van der Waals surface area contributed by atoms with Crippen molar-refractivity contribution in [3.05, 3.63) is 0 Å². The zero-order valence-electron chi connectivity index (χ0n) is 8.39. The topological polar surface area (TPSA) is 35.5 Å². The Bertz CT molecular complexity index is 223. The van der Waals surface area contributed by atoms with E-state index in [1.807, 2.05) is 13.8 Å². The summed E-state index contributed by atoms with van der Waals surface area (Å²) in [5.41, 5.74) is -0.588. The van der Waals surface area contributed by atoms with Crippen molar-refractivity contribution in [2.45, 2.75) is 45.2 Å². The summed E-state index contributed by atoms with van der Waals surface area (Å²) in [5, 5.41) is 0. The van der Waals surface area contributed by atoms with Gasteiger partial charge in [-0.1, -0.05) is 0 Å². The molecule has 0 aromatic heterocycles. The van der Waals surface area contributed by atoms with Gasteiger partial charge in [-0.15, -0.1) is 11.6 Å². The van der Waals surface area contributed by atoms with Crippen molar-refractivity contribution in [2.24, 2.45) is 0 Å². The van der Waals surface area contributed by atoms with Crippen LogP contribution in [0.25, 0.3) is 0 Å². The highest BCUT2D eigenvalue weighted by molar-refractivity contribution is 6.28. The summed E-state index contributed by atoms with van der Waals surface area (Å²) < 4.78 is 11.0. The number of carbonyl (C=O) groups excluding carboxylic acids is 1. The average molecular weight is 207 g/mol. The Labute approximate surface area is 83.3 Å². The number of carbonyl (C=O) groups is 1. The summed E-state index contributed by atoms with van der Waals surface area (Å²) in [4.78, 5) is 11.4. The Morgan fingerprint density at radius 2 is 1.92 bits per heavy atom. The molecule has 0 aromatic rings. The van der Waals surface area contributed by atoms with Crippen molar-refractivity contribution >= 4 is 17.4 Å². The number of ketones is 1. The van der Waals surface area contributed by atoms with E-state index in [0.717, 1.165) is 0 Å². The van der Waals surface area contributed by atoms with E-state index in [0.29, 0.717) is 0 Å². The molecule has 1 aliphatic rings. The number of Topliss-reactive ketones (excluding diaryl/α,β-unsaturated/α-hetero) is 1. The zero-order valence-corrected chi connectivity index (χ0v) is 9.14. The molecule has 1 unspecified atom stereocenters. The van der Waals surface area contributed by atoms with Gasteiger partial charge in [0.25, 0.3) is 0 Å². The molecule has 1 aliphatic heterocycles. The van der Waals surface area contributed by atoms with Crippen molar-refractivity contribution in [3.63, 3.8) is 0 Å². The second-order valence-corrected chi connectivity index (χ2v) is 4.47. The van der Waals surface area contributed by atoms with E-state index in [2.05, 4.69) is 0 Å². The fraction of sp³-hybridized carbons (Fsp3) is 0.889. The van der Waals surface area contributed by atoms with Crippen molar-refractivity contribution in [3.8, 4) is 0 Å². The minimum absolute atomic E-state index is 0.0342. The van der Waals surface area contributed by atoms with E-state index in [9.17, 15) is 4.79 Å². The monoisotopic (exact) mass is 206 g/mol. The molecule has 13 heavy (non-hydrogen) atoms. The van der Waals surface area contributed by atoms with E-state index >= 15 is 0 Å². The van der Waals surface area contributed by atoms with E-state index in [1.54, 1.807) is 13.8 Å². The van der Waals surface area contributed by atoms with Crippen LogP contribution in [0, 0.1) is 0 Å². The number of hydrogen-bond acceptors (Lipinski definition) is 3. The Balaban J connectivity index is 2.82. The first-order valence-electron chi connectivity index (χ1n) is 4.25. The Hall–Kier alpha value is -0.120. The van der Waals surface area contributed by atoms with Gasteiger partial charge in [0.15, 0.2) is 11.6 Å². The van der Waals surface area contributed by atoms with Crippen molar-refractivity contribution in [2.75, 3.05) is 5.88 Å². The van der Waals surface area contributed by atoms with Crippen LogP contribution in [-0.4, -0.2) is 29.2 Å². The maximum Gasteiger partial charge on any atom is 0.179 e. The molecule has 1 fully saturated rings. The molecule has 76 valence electrons. The van der Waals surface area contributed by atoms with Crippen molar-refractivity contribution in [1.29, 1.82) is 0 Å². The fourth-order valence-electron chi connectivity index (χ4n) is 1.66. The van der Waals surface area contributed by atoms with Crippen molar-refractivity contribution in [1.82, 2.24) is 0 Å². The van der Waals surface area contributed by atoms with Gasteiger partial charge in [0.1, 0.15) is 6.10 Å². The normalized spacial score (nSPS) is 30.4. The highest BCUT2D eigenvalue weighted by Crippen LogP contribution is 2.36. The van der Waals surface area contributed by atoms with Gasteiger partial charge >= 0.3 is 0 Å². The van der Waals surface area contributed by atoms with Gasteiger partial charge in [0.05, 0.1) is 11.5 Å².